The number of ketones is 2. The Kier molecular flexibility index (Phi) is 8.41. The fraction of sp³-hybridized carbons (Fsp3) is 0.826. The van der Waals surface area contributed by atoms with Crippen LogP contribution in [0.25, 0.3) is 0 Å². The lowest BCUT2D eigenvalue weighted by Gasteiger charge is -2.35. The zero-order chi connectivity index (χ0) is 20.8. The first kappa shape index (κ1) is 23.2. The Morgan fingerprint density at radius 3 is 2.57 bits per heavy atom. The van der Waals surface area contributed by atoms with Crippen molar-refractivity contribution in [2.45, 2.75) is 90.3 Å². The summed E-state index contributed by atoms with van der Waals surface area (Å²) < 4.78 is 0. The van der Waals surface area contributed by atoms with Gasteiger partial charge in [0.1, 0.15) is 0 Å². The van der Waals surface area contributed by atoms with Crippen molar-refractivity contribution in [1.82, 2.24) is 15.5 Å². The summed E-state index contributed by atoms with van der Waals surface area (Å²) in [6.07, 6.45) is 10.5. The van der Waals surface area contributed by atoms with Crippen LogP contribution >= 0.6 is 0 Å². The number of hydrogen-bond donors (Lipinski definition) is 2. The fourth-order valence-electron chi connectivity index (χ4n) is 4.66. The van der Waals surface area contributed by atoms with Crippen LogP contribution in [0.5, 0.6) is 0 Å². The highest BCUT2D eigenvalue weighted by Gasteiger charge is 2.45. The maximum absolute atomic E-state index is 13.4. The second kappa shape index (κ2) is 10.1. The topological polar surface area (TPSA) is 61.4 Å². The molecule has 2 bridgehead atoms. The van der Waals surface area contributed by atoms with E-state index in [9.17, 15) is 9.59 Å². The molecular formula is C23H41N3O2. The number of nitrogens with one attached hydrogen (secondary N) is 2. The second-order valence-electron chi connectivity index (χ2n) is 9.56. The number of nitrogens with zero attached hydrogens (tertiary/aromatic N) is 1. The van der Waals surface area contributed by atoms with Crippen molar-refractivity contribution >= 4 is 11.6 Å². The van der Waals surface area contributed by atoms with E-state index in [1.807, 2.05) is 20.8 Å². The van der Waals surface area contributed by atoms with E-state index in [2.05, 4.69) is 41.5 Å². The van der Waals surface area contributed by atoms with Crippen molar-refractivity contribution in [2.75, 3.05) is 26.2 Å². The van der Waals surface area contributed by atoms with Gasteiger partial charge in [0.05, 0.1) is 17.6 Å². The Morgan fingerprint density at radius 2 is 1.89 bits per heavy atom. The summed E-state index contributed by atoms with van der Waals surface area (Å²) in [7, 11) is 0. The molecule has 0 saturated carbocycles. The van der Waals surface area contributed by atoms with Gasteiger partial charge in [-0.25, -0.2) is 0 Å². The van der Waals surface area contributed by atoms with Gasteiger partial charge in [-0.15, -0.1) is 0 Å². The molecule has 0 amide bonds. The Hall–Kier alpha value is -1.04. The number of rotatable bonds is 4. The van der Waals surface area contributed by atoms with Crippen molar-refractivity contribution in [2.24, 2.45) is 5.92 Å². The van der Waals surface area contributed by atoms with Crippen LogP contribution in [-0.2, 0) is 9.59 Å². The molecule has 2 aliphatic heterocycles. The van der Waals surface area contributed by atoms with Crippen molar-refractivity contribution in [3.05, 3.63) is 12.2 Å². The molecule has 1 fully saturated rings. The van der Waals surface area contributed by atoms with E-state index in [0.29, 0.717) is 0 Å². The van der Waals surface area contributed by atoms with Gasteiger partial charge in [0.25, 0.3) is 0 Å². The summed E-state index contributed by atoms with van der Waals surface area (Å²) in [5, 5.41) is 6.97. The minimum absolute atomic E-state index is 0.0395. The molecule has 5 heteroatoms. The number of Topliss-reactive ketones (excluding diaryl/α,β-unsaturated/α-hetero) is 2. The quantitative estimate of drug-likeness (QED) is 0.721. The lowest BCUT2D eigenvalue weighted by Crippen LogP contribution is -2.61. The normalized spacial score (nSPS) is 34.2. The highest BCUT2D eigenvalue weighted by Crippen LogP contribution is 2.25. The molecule has 0 aromatic carbocycles. The summed E-state index contributed by atoms with van der Waals surface area (Å²) in [5.41, 5.74) is -1.14. The first-order chi connectivity index (χ1) is 13.2. The van der Waals surface area contributed by atoms with Gasteiger partial charge in [-0.05, 0) is 46.5 Å². The smallest absolute Gasteiger partial charge is 0.167 e. The maximum Gasteiger partial charge on any atom is 0.167 e. The van der Waals surface area contributed by atoms with E-state index >= 15 is 0 Å². The van der Waals surface area contributed by atoms with Gasteiger partial charge in [0.15, 0.2) is 11.6 Å². The van der Waals surface area contributed by atoms with Crippen LogP contribution in [0, 0.1) is 5.92 Å². The van der Waals surface area contributed by atoms with Crippen LogP contribution in [0.2, 0.25) is 0 Å². The molecule has 1 unspecified atom stereocenters. The molecule has 1 saturated heterocycles. The molecule has 2 aliphatic rings. The number of carbonyl (C=O) groups excluding carboxylic acids is 2. The Morgan fingerprint density at radius 1 is 1.14 bits per heavy atom. The Labute approximate surface area is 171 Å². The molecule has 2 N–H and O–H groups in total. The van der Waals surface area contributed by atoms with Crippen LogP contribution in [-0.4, -0.2) is 59.8 Å². The summed E-state index contributed by atoms with van der Waals surface area (Å²) >= 11 is 0. The van der Waals surface area contributed by atoms with E-state index in [1.54, 1.807) is 0 Å². The first-order valence-electron chi connectivity index (χ1n) is 11.2. The predicted molar refractivity (Wildman–Crippen MR) is 116 cm³/mol. The monoisotopic (exact) mass is 391 g/mol. The average Bonchev–Trinajstić information content (AvgIpc) is 3.03. The molecule has 0 aromatic heterocycles. The molecular weight excluding hydrogens is 350 g/mol. The average molecular weight is 392 g/mol. The Balaban J connectivity index is 2.23. The fourth-order valence-corrected chi connectivity index (χ4v) is 4.66. The summed E-state index contributed by atoms with van der Waals surface area (Å²) in [6, 6.07) is 0.241. The van der Waals surface area contributed by atoms with Crippen LogP contribution in [0.4, 0.5) is 0 Å². The van der Waals surface area contributed by atoms with Gasteiger partial charge in [-0.3, -0.25) is 19.8 Å². The highest BCUT2D eigenvalue weighted by atomic mass is 16.1. The number of allylic oxidation sites excluding steroid dienone is 1. The van der Waals surface area contributed by atoms with Gasteiger partial charge in [-0.2, -0.15) is 0 Å². The number of fused-ring (bicyclic) bond motifs is 2. The maximum atomic E-state index is 13.4. The van der Waals surface area contributed by atoms with Crippen molar-refractivity contribution < 1.29 is 9.59 Å². The third-order valence-corrected chi connectivity index (χ3v) is 6.23. The molecule has 0 aliphatic carbocycles. The number of hydrogen-bond acceptors (Lipinski definition) is 5. The van der Waals surface area contributed by atoms with Crippen LogP contribution in [0.3, 0.4) is 0 Å². The van der Waals surface area contributed by atoms with E-state index in [0.717, 1.165) is 58.2 Å². The Bertz CT molecular complexity index is 572. The lowest BCUT2D eigenvalue weighted by molar-refractivity contribution is -0.129. The van der Waals surface area contributed by atoms with E-state index in [1.165, 1.54) is 0 Å². The van der Waals surface area contributed by atoms with E-state index in [-0.39, 0.29) is 30.1 Å². The summed E-state index contributed by atoms with van der Waals surface area (Å²) in [4.78, 5) is 28.7. The third-order valence-electron chi connectivity index (χ3n) is 6.23. The molecule has 0 aromatic rings. The number of carbonyl (C=O) groups is 2. The van der Waals surface area contributed by atoms with Gasteiger partial charge in [0, 0.05) is 31.6 Å². The first-order valence-corrected chi connectivity index (χ1v) is 11.2. The van der Waals surface area contributed by atoms with Gasteiger partial charge >= 0.3 is 0 Å². The van der Waals surface area contributed by atoms with Gasteiger partial charge < -0.3 is 5.32 Å². The molecule has 2 heterocycles. The zero-order valence-electron chi connectivity index (χ0n) is 18.6. The molecule has 0 radical (unpaired) electrons. The summed E-state index contributed by atoms with van der Waals surface area (Å²) in [6.45, 7) is 12.9. The third kappa shape index (κ3) is 5.98. The molecule has 5 nitrogen and oxygen atoms in total. The summed E-state index contributed by atoms with van der Waals surface area (Å²) in [5.74, 6) is 0.358. The SMILES string of the molecule is CC(C)N[C@]12CCN(C/C=C/CCCCC[C@@](C)(C(=O)C(C)C)NCC1=O)C2. The van der Waals surface area contributed by atoms with Crippen molar-refractivity contribution in [1.29, 1.82) is 0 Å². The van der Waals surface area contributed by atoms with Crippen LogP contribution in [0.15, 0.2) is 12.2 Å². The minimum atomic E-state index is -0.628. The van der Waals surface area contributed by atoms with Gasteiger partial charge in [-0.1, -0.05) is 38.8 Å². The van der Waals surface area contributed by atoms with Crippen molar-refractivity contribution in [3.8, 4) is 0 Å². The van der Waals surface area contributed by atoms with Crippen LogP contribution < -0.4 is 10.6 Å². The highest BCUT2D eigenvalue weighted by molar-refractivity contribution is 5.93. The molecule has 0 spiro atoms. The lowest BCUT2D eigenvalue weighted by atomic mass is 9.83. The molecule has 3 atom stereocenters. The zero-order valence-corrected chi connectivity index (χ0v) is 18.6. The second-order valence-corrected chi connectivity index (χ2v) is 9.56. The van der Waals surface area contributed by atoms with Gasteiger partial charge in [0.2, 0.25) is 0 Å². The molecule has 160 valence electrons. The van der Waals surface area contributed by atoms with Crippen molar-refractivity contribution in [3.63, 3.8) is 0 Å². The predicted octanol–water partition coefficient (Wildman–Crippen LogP) is 3.09. The largest absolute Gasteiger partial charge is 0.302 e. The van der Waals surface area contributed by atoms with Crippen LogP contribution in [0.1, 0.15) is 73.1 Å². The van der Waals surface area contributed by atoms with E-state index in [4.69, 9.17) is 0 Å². The molecule has 28 heavy (non-hydrogen) atoms. The molecule has 2 rings (SSSR count). The van der Waals surface area contributed by atoms with E-state index < -0.39 is 11.1 Å². The minimum Gasteiger partial charge on any atom is -0.302 e. The standard InChI is InChI=1S/C23H41N3O2/c1-18(2)21(28)22(5)12-10-8-6-7-9-11-14-26-15-13-23(17-26,25-19(3)4)20(27)16-24-22/h9,11,18-19,24-25H,6-8,10,12-17H2,1-5H3/b11-9+/t22-,23-/m0/s1.